The summed E-state index contributed by atoms with van der Waals surface area (Å²) >= 11 is 1.61. The molecule has 4 rings (SSSR count). The summed E-state index contributed by atoms with van der Waals surface area (Å²) in [6, 6.07) is 22.7. The van der Waals surface area contributed by atoms with Gasteiger partial charge in [-0.05, 0) is 39.4 Å². The van der Waals surface area contributed by atoms with E-state index in [9.17, 15) is 0 Å². The van der Waals surface area contributed by atoms with Crippen LogP contribution < -0.4 is 0 Å². The van der Waals surface area contributed by atoms with Gasteiger partial charge in [0, 0.05) is 11.8 Å². The Bertz CT molecular complexity index is 996. The van der Waals surface area contributed by atoms with Crippen molar-refractivity contribution in [2.75, 3.05) is 5.75 Å². The van der Waals surface area contributed by atoms with Gasteiger partial charge in [-0.2, -0.15) is 4.68 Å². The predicted molar refractivity (Wildman–Crippen MR) is 104 cm³/mol. The van der Waals surface area contributed by atoms with Gasteiger partial charge in [0.15, 0.2) is 0 Å². The highest BCUT2D eigenvalue weighted by Gasteiger charge is 2.10. The van der Waals surface area contributed by atoms with E-state index in [1.165, 1.54) is 11.1 Å². The van der Waals surface area contributed by atoms with Crippen LogP contribution in [-0.2, 0) is 0 Å². The van der Waals surface area contributed by atoms with Crippen molar-refractivity contribution in [1.82, 2.24) is 25.2 Å². The van der Waals surface area contributed by atoms with Crippen molar-refractivity contribution < 1.29 is 0 Å². The molecule has 0 N–H and O–H groups in total. The molecule has 5 nitrogen and oxygen atoms in total. The maximum Gasteiger partial charge on any atom is 0.214 e. The standard InChI is InChI=1S/C20H17N5S/c1-2-26-20-22-23-24-25(20)18-12-13-21-19(14-18)17-10-8-16(9-11-17)15-6-4-3-5-7-15/h3-14H,2H2,1H3. The Hall–Kier alpha value is -2.99. The summed E-state index contributed by atoms with van der Waals surface area (Å²) < 4.78 is 1.75. The molecular formula is C20H17N5S. The molecule has 0 aliphatic rings. The lowest BCUT2D eigenvalue weighted by Gasteiger charge is -2.07. The Morgan fingerprint density at radius 1 is 0.885 bits per heavy atom. The van der Waals surface area contributed by atoms with Crippen LogP contribution in [0.25, 0.3) is 28.1 Å². The van der Waals surface area contributed by atoms with E-state index in [4.69, 9.17) is 0 Å². The van der Waals surface area contributed by atoms with Crippen LogP contribution in [0.3, 0.4) is 0 Å². The van der Waals surface area contributed by atoms with Crippen molar-refractivity contribution >= 4 is 11.8 Å². The van der Waals surface area contributed by atoms with Crippen molar-refractivity contribution in [3.8, 4) is 28.1 Å². The Balaban J connectivity index is 1.65. The molecule has 6 heteroatoms. The lowest BCUT2D eigenvalue weighted by molar-refractivity contribution is 0.755. The van der Waals surface area contributed by atoms with Crippen LogP contribution in [0, 0.1) is 0 Å². The van der Waals surface area contributed by atoms with Gasteiger partial charge in [-0.15, -0.1) is 5.10 Å². The molecule has 0 saturated heterocycles. The zero-order valence-corrected chi connectivity index (χ0v) is 15.1. The molecule has 128 valence electrons. The first-order valence-electron chi connectivity index (χ1n) is 8.38. The number of hydrogen-bond donors (Lipinski definition) is 0. The normalized spacial score (nSPS) is 10.8. The molecule has 26 heavy (non-hydrogen) atoms. The molecule has 0 atom stereocenters. The topological polar surface area (TPSA) is 56.5 Å². The monoisotopic (exact) mass is 359 g/mol. The van der Waals surface area contributed by atoms with Crippen molar-refractivity contribution in [2.24, 2.45) is 0 Å². The Morgan fingerprint density at radius 2 is 1.62 bits per heavy atom. The van der Waals surface area contributed by atoms with Gasteiger partial charge >= 0.3 is 0 Å². The summed E-state index contributed by atoms with van der Waals surface area (Å²) in [6.07, 6.45) is 1.79. The first-order chi connectivity index (χ1) is 12.8. The fourth-order valence-electron chi connectivity index (χ4n) is 2.73. The van der Waals surface area contributed by atoms with Gasteiger partial charge in [-0.25, -0.2) is 0 Å². The molecule has 0 aliphatic heterocycles. The number of tetrazole rings is 1. The van der Waals surface area contributed by atoms with Gasteiger partial charge < -0.3 is 0 Å². The summed E-state index contributed by atoms with van der Waals surface area (Å²) in [5.74, 6) is 0.916. The fourth-order valence-corrected chi connectivity index (χ4v) is 3.35. The van der Waals surface area contributed by atoms with Gasteiger partial charge in [0.25, 0.3) is 0 Å². The number of pyridine rings is 1. The third-order valence-corrected chi connectivity index (χ3v) is 4.79. The molecule has 0 radical (unpaired) electrons. The quantitative estimate of drug-likeness (QED) is 0.491. The van der Waals surface area contributed by atoms with E-state index in [0.717, 1.165) is 27.9 Å². The number of aromatic nitrogens is 5. The molecule has 0 spiro atoms. The summed E-state index contributed by atoms with van der Waals surface area (Å²) in [4.78, 5) is 4.51. The fraction of sp³-hybridized carbons (Fsp3) is 0.100. The molecule has 2 aromatic carbocycles. The first kappa shape index (κ1) is 16.5. The van der Waals surface area contributed by atoms with Gasteiger partial charge in [-0.3, -0.25) is 4.98 Å². The SMILES string of the molecule is CCSc1nnnn1-c1ccnc(-c2ccc(-c3ccccc3)cc2)c1. The van der Waals surface area contributed by atoms with Crippen LogP contribution in [-0.4, -0.2) is 30.9 Å². The molecule has 0 aliphatic carbocycles. The molecule has 0 fully saturated rings. The molecule has 4 aromatic rings. The maximum absolute atomic E-state index is 4.51. The van der Waals surface area contributed by atoms with E-state index < -0.39 is 0 Å². The highest BCUT2D eigenvalue weighted by Crippen LogP contribution is 2.25. The molecule has 2 heterocycles. The third-order valence-electron chi connectivity index (χ3n) is 3.99. The lowest BCUT2D eigenvalue weighted by atomic mass is 10.0. The van der Waals surface area contributed by atoms with Gasteiger partial charge in [0.1, 0.15) is 0 Å². The van der Waals surface area contributed by atoms with Crippen LogP contribution in [0.2, 0.25) is 0 Å². The molecule has 0 saturated carbocycles. The van der Waals surface area contributed by atoms with E-state index in [0.29, 0.717) is 0 Å². The van der Waals surface area contributed by atoms with E-state index in [2.05, 4.69) is 63.8 Å². The highest BCUT2D eigenvalue weighted by atomic mass is 32.2. The van der Waals surface area contributed by atoms with Crippen LogP contribution in [0.1, 0.15) is 6.92 Å². The summed E-state index contributed by atoms with van der Waals surface area (Å²) in [6.45, 7) is 2.08. The minimum Gasteiger partial charge on any atom is -0.256 e. The molecule has 2 aromatic heterocycles. The lowest BCUT2D eigenvalue weighted by Crippen LogP contribution is -2.00. The summed E-state index contributed by atoms with van der Waals surface area (Å²) in [5, 5.41) is 12.7. The van der Waals surface area contributed by atoms with E-state index in [-0.39, 0.29) is 0 Å². The smallest absolute Gasteiger partial charge is 0.214 e. The second-order valence-corrected chi connectivity index (χ2v) is 6.88. The predicted octanol–water partition coefficient (Wildman–Crippen LogP) is 4.50. The number of rotatable bonds is 5. The van der Waals surface area contributed by atoms with Crippen molar-refractivity contribution in [2.45, 2.75) is 12.1 Å². The second kappa shape index (κ2) is 7.49. The molecule has 0 amide bonds. The van der Waals surface area contributed by atoms with Gasteiger partial charge in [-0.1, -0.05) is 73.3 Å². The number of hydrogen-bond acceptors (Lipinski definition) is 5. The Morgan fingerprint density at radius 3 is 2.38 bits per heavy atom. The van der Waals surface area contributed by atoms with Crippen LogP contribution in [0.5, 0.6) is 0 Å². The van der Waals surface area contributed by atoms with E-state index in [1.54, 1.807) is 22.6 Å². The zero-order chi connectivity index (χ0) is 17.8. The first-order valence-corrected chi connectivity index (χ1v) is 9.37. The third kappa shape index (κ3) is 3.36. The minimum atomic E-state index is 0.782. The molecule has 0 bridgehead atoms. The van der Waals surface area contributed by atoms with Crippen molar-refractivity contribution in [1.29, 1.82) is 0 Å². The number of nitrogens with zero attached hydrogens (tertiary/aromatic N) is 5. The highest BCUT2D eigenvalue weighted by molar-refractivity contribution is 7.99. The minimum absolute atomic E-state index is 0.782. The van der Waals surface area contributed by atoms with E-state index in [1.807, 2.05) is 30.3 Å². The van der Waals surface area contributed by atoms with Gasteiger partial charge in [0.2, 0.25) is 5.16 Å². The number of benzene rings is 2. The van der Waals surface area contributed by atoms with Crippen molar-refractivity contribution in [3.63, 3.8) is 0 Å². The zero-order valence-electron chi connectivity index (χ0n) is 14.3. The second-order valence-electron chi connectivity index (χ2n) is 5.65. The van der Waals surface area contributed by atoms with Crippen LogP contribution >= 0.6 is 11.8 Å². The molecular weight excluding hydrogens is 342 g/mol. The van der Waals surface area contributed by atoms with Gasteiger partial charge in [0.05, 0.1) is 11.4 Å². The summed E-state index contributed by atoms with van der Waals surface area (Å²) in [7, 11) is 0. The Kier molecular flexibility index (Phi) is 4.75. The maximum atomic E-state index is 4.51. The number of thioether (sulfide) groups is 1. The van der Waals surface area contributed by atoms with Crippen LogP contribution in [0.15, 0.2) is 78.1 Å². The van der Waals surface area contributed by atoms with Crippen molar-refractivity contribution in [3.05, 3.63) is 72.9 Å². The van der Waals surface area contributed by atoms with Crippen LogP contribution in [0.4, 0.5) is 0 Å². The Labute approximate surface area is 156 Å². The summed E-state index contributed by atoms with van der Waals surface area (Å²) in [5.41, 5.74) is 5.25. The van der Waals surface area contributed by atoms with E-state index >= 15 is 0 Å². The molecule has 0 unspecified atom stereocenters. The average Bonchev–Trinajstić information content (AvgIpc) is 3.18. The largest absolute Gasteiger partial charge is 0.256 e. The average molecular weight is 359 g/mol.